The van der Waals surface area contributed by atoms with E-state index in [2.05, 4.69) is 27.5 Å². The number of carbonyl (C=O) groups excluding carboxylic acids is 1. The van der Waals surface area contributed by atoms with Crippen molar-refractivity contribution < 1.29 is 9.53 Å². The van der Waals surface area contributed by atoms with Gasteiger partial charge in [0.05, 0.1) is 12.2 Å². The van der Waals surface area contributed by atoms with Crippen LogP contribution in [0.2, 0.25) is 0 Å². The summed E-state index contributed by atoms with van der Waals surface area (Å²) in [5.41, 5.74) is 0.388. The van der Waals surface area contributed by atoms with Gasteiger partial charge in [-0.25, -0.2) is 14.8 Å². The first kappa shape index (κ1) is 13.7. The van der Waals surface area contributed by atoms with Crippen molar-refractivity contribution in [2.45, 2.75) is 32.2 Å². The third-order valence-electron chi connectivity index (χ3n) is 3.28. The van der Waals surface area contributed by atoms with Gasteiger partial charge < -0.3 is 15.4 Å². The lowest BCUT2D eigenvalue weighted by atomic mass is 9.91. The number of rotatable bonds is 4. The van der Waals surface area contributed by atoms with Crippen LogP contribution in [-0.4, -0.2) is 41.2 Å². The van der Waals surface area contributed by atoms with Crippen LogP contribution in [0.3, 0.4) is 0 Å². The van der Waals surface area contributed by atoms with Crippen molar-refractivity contribution in [3.63, 3.8) is 0 Å². The van der Waals surface area contributed by atoms with E-state index in [1.807, 2.05) is 0 Å². The van der Waals surface area contributed by atoms with E-state index in [0.717, 1.165) is 25.9 Å². The zero-order valence-electron chi connectivity index (χ0n) is 11.4. The number of hydrogen-bond donors (Lipinski definition) is 2. The number of nitrogens with zero attached hydrogens (tertiary/aromatic N) is 2. The van der Waals surface area contributed by atoms with E-state index in [0.29, 0.717) is 18.1 Å². The minimum atomic E-state index is -0.387. The van der Waals surface area contributed by atoms with Crippen LogP contribution >= 0.6 is 0 Å². The number of anilines is 1. The predicted octanol–water partition coefficient (Wildman–Crippen LogP) is 1.21. The molecule has 6 nitrogen and oxygen atoms in total. The SMILES string of the molecule is CCOC(=O)c1cnc(NC2(C)CCNCC2)nc1. The molecule has 104 valence electrons. The van der Waals surface area contributed by atoms with Gasteiger partial charge in [-0.2, -0.15) is 0 Å². The van der Waals surface area contributed by atoms with Crippen molar-refractivity contribution in [1.29, 1.82) is 0 Å². The molecule has 0 aromatic carbocycles. The second kappa shape index (κ2) is 5.97. The molecule has 1 aliphatic rings. The van der Waals surface area contributed by atoms with Gasteiger partial charge in [0, 0.05) is 17.9 Å². The third-order valence-corrected chi connectivity index (χ3v) is 3.28. The molecule has 0 atom stereocenters. The molecule has 1 fully saturated rings. The Hall–Kier alpha value is -1.69. The molecular formula is C13H20N4O2. The summed E-state index contributed by atoms with van der Waals surface area (Å²) in [6.07, 6.45) is 5.04. The summed E-state index contributed by atoms with van der Waals surface area (Å²) in [4.78, 5) is 19.8. The van der Waals surface area contributed by atoms with Crippen LogP contribution in [0.15, 0.2) is 12.4 Å². The summed E-state index contributed by atoms with van der Waals surface area (Å²) >= 11 is 0. The largest absolute Gasteiger partial charge is 0.462 e. The second-order valence-electron chi connectivity index (χ2n) is 4.95. The highest BCUT2D eigenvalue weighted by molar-refractivity contribution is 5.88. The van der Waals surface area contributed by atoms with E-state index < -0.39 is 0 Å². The van der Waals surface area contributed by atoms with Crippen molar-refractivity contribution >= 4 is 11.9 Å². The van der Waals surface area contributed by atoms with Crippen LogP contribution in [-0.2, 0) is 4.74 Å². The van der Waals surface area contributed by atoms with E-state index in [9.17, 15) is 4.79 Å². The molecule has 19 heavy (non-hydrogen) atoms. The van der Waals surface area contributed by atoms with E-state index in [4.69, 9.17) is 4.74 Å². The Bertz CT molecular complexity index is 427. The number of nitrogens with one attached hydrogen (secondary N) is 2. The van der Waals surface area contributed by atoms with E-state index >= 15 is 0 Å². The molecule has 6 heteroatoms. The molecule has 2 N–H and O–H groups in total. The maximum atomic E-state index is 11.5. The zero-order chi connectivity index (χ0) is 13.7. The van der Waals surface area contributed by atoms with Crippen molar-refractivity contribution in [1.82, 2.24) is 15.3 Å². The van der Waals surface area contributed by atoms with Crippen molar-refractivity contribution in [3.05, 3.63) is 18.0 Å². The first-order valence-electron chi connectivity index (χ1n) is 6.61. The molecule has 1 aliphatic heterocycles. The lowest BCUT2D eigenvalue weighted by molar-refractivity contribution is 0.0525. The van der Waals surface area contributed by atoms with Gasteiger partial charge in [-0.3, -0.25) is 0 Å². The van der Waals surface area contributed by atoms with Gasteiger partial charge in [-0.15, -0.1) is 0 Å². The Morgan fingerprint density at radius 3 is 2.63 bits per heavy atom. The van der Waals surface area contributed by atoms with Gasteiger partial charge in [-0.1, -0.05) is 0 Å². The minimum Gasteiger partial charge on any atom is -0.462 e. The van der Waals surface area contributed by atoms with Gasteiger partial charge in [0.1, 0.15) is 0 Å². The lowest BCUT2D eigenvalue weighted by Crippen LogP contribution is -2.45. The molecule has 0 saturated carbocycles. The first-order valence-corrected chi connectivity index (χ1v) is 6.61. The standard InChI is InChI=1S/C13H20N4O2/c1-3-19-11(18)10-8-15-12(16-9-10)17-13(2)4-6-14-7-5-13/h8-9,14H,3-7H2,1-2H3,(H,15,16,17). The Morgan fingerprint density at radius 2 is 2.05 bits per heavy atom. The summed E-state index contributed by atoms with van der Waals surface area (Å²) in [5.74, 6) is 0.166. The third kappa shape index (κ3) is 3.64. The van der Waals surface area contributed by atoms with E-state index in [-0.39, 0.29) is 11.5 Å². The Balaban J connectivity index is 2.00. The number of aromatic nitrogens is 2. The molecule has 1 saturated heterocycles. The molecule has 0 unspecified atom stereocenters. The summed E-state index contributed by atoms with van der Waals surface area (Å²) in [6, 6.07) is 0. The quantitative estimate of drug-likeness (QED) is 0.796. The summed E-state index contributed by atoms with van der Waals surface area (Å²) < 4.78 is 4.89. The number of carbonyl (C=O) groups is 1. The normalized spacial score (nSPS) is 17.8. The predicted molar refractivity (Wildman–Crippen MR) is 72.1 cm³/mol. The van der Waals surface area contributed by atoms with Crippen LogP contribution < -0.4 is 10.6 Å². The van der Waals surface area contributed by atoms with Gasteiger partial charge in [0.15, 0.2) is 0 Å². The second-order valence-corrected chi connectivity index (χ2v) is 4.95. The molecule has 1 aromatic rings. The molecule has 1 aromatic heterocycles. The minimum absolute atomic E-state index is 0.0106. The smallest absolute Gasteiger partial charge is 0.341 e. The molecule has 0 radical (unpaired) electrons. The highest BCUT2D eigenvalue weighted by atomic mass is 16.5. The maximum Gasteiger partial charge on any atom is 0.341 e. The molecule has 2 heterocycles. The maximum absolute atomic E-state index is 11.5. The number of hydrogen-bond acceptors (Lipinski definition) is 6. The summed E-state index contributed by atoms with van der Waals surface area (Å²) in [5, 5.41) is 6.66. The molecule has 2 rings (SSSR count). The number of ether oxygens (including phenoxy) is 1. The van der Waals surface area contributed by atoms with Crippen LogP contribution in [0.4, 0.5) is 5.95 Å². The van der Waals surface area contributed by atoms with Crippen molar-refractivity contribution in [3.8, 4) is 0 Å². The Kier molecular flexibility index (Phi) is 4.31. The first-order chi connectivity index (χ1) is 9.13. The number of esters is 1. The molecule has 0 aliphatic carbocycles. The van der Waals surface area contributed by atoms with Gasteiger partial charge in [0.25, 0.3) is 0 Å². The molecule has 0 spiro atoms. The van der Waals surface area contributed by atoms with Gasteiger partial charge in [-0.05, 0) is 39.8 Å². The summed E-state index contributed by atoms with van der Waals surface area (Å²) in [7, 11) is 0. The zero-order valence-corrected chi connectivity index (χ0v) is 11.4. The number of piperidine rings is 1. The van der Waals surface area contributed by atoms with Crippen LogP contribution in [0, 0.1) is 0 Å². The average Bonchev–Trinajstić information content (AvgIpc) is 2.40. The van der Waals surface area contributed by atoms with Gasteiger partial charge in [0.2, 0.25) is 5.95 Å². The average molecular weight is 264 g/mol. The van der Waals surface area contributed by atoms with E-state index in [1.165, 1.54) is 12.4 Å². The fraction of sp³-hybridized carbons (Fsp3) is 0.615. The topological polar surface area (TPSA) is 76.1 Å². The van der Waals surface area contributed by atoms with Gasteiger partial charge >= 0.3 is 5.97 Å². The van der Waals surface area contributed by atoms with Crippen molar-refractivity contribution in [2.75, 3.05) is 25.0 Å². The Labute approximate surface area is 113 Å². The fourth-order valence-electron chi connectivity index (χ4n) is 2.09. The lowest BCUT2D eigenvalue weighted by Gasteiger charge is -2.34. The van der Waals surface area contributed by atoms with Crippen LogP contribution in [0.1, 0.15) is 37.0 Å². The molecule has 0 amide bonds. The highest BCUT2D eigenvalue weighted by Gasteiger charge is 2.27. The Morgan fingerprint density at radius 1 is 1.42 bits per heavy atom. The van der Waals surface area contributed by atoms with Crippen LogP contribution in [0.25, 0.3) is 0 Å². The highest BCUT2D eigenvalue weighted by Crippen LogP contribution is 2.21. The van der Waals surface area contributed by atoms with Crippen LogP contribution in [0.5, 0.6) is 0 Å². The van der Waals surface area contributed by atoms with Crippen molar-refractivity contribution in [2.24, 2.45) is 0 Å². The molecular weight excluding hydrogens is 244 g/mol. The fourth-order valence-corrected chi connectivity index (χ4v) is 2.09. The van der Waals surface area contributed by atoms with E-state index in [1.54, 1.807) is 6.92 Å². The summed E-state index contributed by atoms with van der Waals surface area (Å²) in [6.45, 7) is 6.27. The molecule has 0 bridgehead atoms. The monoisotopic (exact) mass is 264 g/mol.